The number of likely N-dealkylation sites (tertiary alicyclic amines) is 1. The van der Waals surface area contributed by atoms with E-state index in [-0.39, 0.29) is 23.5 Å². The van der Waals surface area contributed by atoms with Crippen LogP contribution < -0.4 is 10.1 Å². The van der Waals surface area contributed by atoms with Crippen LogP contribution in [-0.2, 0) is 0 Å². The summed E-state index contributed by atoms with van der Waals surface area (Å²) >= 11 is 6.34. The Morgan fingerprint density at radius 3 is 2.58 bits per heavy atom. The van der Waals surface area contributed by atoms with E-state index in [0.29, 0.717) is 41.3 Å². The van der Waals surface area contributed by atoms with Crippen LogP contribution in [0.5, 0.6) is 5.75 Å². The van der Waals surface area contributed by atoms with Gasteiger partial charge in [0, 0.05) is 43.0 Å². The van der Waals surface area contributed by atoms with Gasteiger partial charge in [-0.2, -0.15) is 5.10 Å². The molecule has 1 N–H and O–H groups in total. The average molecular weight is 516 g/mol. The molecule has 1 saturated heterocycles. The van der Waals surface area contributed by atoms with Crippen molar-refractivity contribution in [2.75, 3.05) is 39.6 Å². The van der Waals surface area contributed by atoms with Gasteiger partial charge in [-0.15, -0.1) is 0 Å². The molecule has 9 nitrogen and oxygen atoms in total. The maximum Gasteiger partial charge on any atom is 0.256 e. The first kappa shape index (κ1) is 25.8. The lowest BCUT2D eigenvalue weighted by atomic mass is 10.0. The Morgan fingerprint density at radius 1 is 1.25 bits per heavy atom. The highest BCUT2D eigenvalue weighted by atomic mass is 35.5. The second-order valence-corrected chi connectivity index (χ2v) is 9.74. The van der Waals surface area contributed by atoms with Gasteiger partial charge in [0.1, 0.15) is 11.6 Å². The third-order valence-electron chi connectivity index (χ3n) is 6.40. The highest BCUT2D eigenvalue weighted by Gasteiger charge is 2.27. The van der Waals surface area contributed by atoms with Gasteiger partial charge in [-0.25, -0.2) is 14.4 Å². The summed E-state index contributed by atoms with van der Waals surface area (Å²) in [5.74, 6) is -0.489. The number of aromatic nitrogens is 4. The number of benzene rings is 1. The Balaban J connectivity index is 1.56. The molecule has 1 amide bonds. The molecule has 0 saturated carbocycles. The predicted molar refractivity (Wildman–Crippen MR) is 137 cm³/mol. The zero-order valence-corrected chi connectivity index (χ0v) is 21.9. The van der Waals surface area contributed by atoms with Gasteiger partial charge in [0.2, 0.25) is 5.95 Å². The first-order valence-corrected chi connectivity index (χ1v) is 12.2. The van der Waals surface area contributed by atoms with Gasteiger partial charge in [-0.3, -0.25) is 9.48 Å². The third-order valence-corrected chi connectivity index (χ3v) is 6.67. The number of rotatable bonds is 7. The minimum Gasteiger partial charge on any atom is -0.495 e. The van der Waals surface area contributed by atoms with Gasteiger partial charge < -0.3 is 19.9 Å². The van der Waals surface area contributed by atoms with Crippen molar-refractivity contribution in [2.45, 2.75) is 38.8 Å². The molecule has 4 rings (SSSR count). The van der Waals surface area contributed by atoms with E-state index in [1.165, 1.54) is 25.4 Å². The fourth-order valence-electron chi connectivity index (χ4n) is 4.23. The smallest absolute Gasteiger partial charge is 0.256 e. The minimum atomic E-state index is -0.648. The number of piperidine rings is 1. The van der Waals surface area contributed by atoms with E-state index in [1.807, 2.05) is 34.1 Å². The molecule has 1 aromatic carbocycles. The van der Waals surface area contributed by atoms with Crippen LogP contribution in [0.3, 0.4) is 0 Å². The molecule has 11 heteroatoms. The molecular formula is C25H31ClFN7O2. The molecule has 3 heterocycles. The maximum absolute atomic E-state index is 15.1. The normalized spacial score (nSPS) is 14.5. The lowest BCUT2D eigenvalue weighted by Gasteiger charge is -2.35. The highest BCUT2D eigenvalue weighted by molar-refractivity contribution is 6.32. The van der Waals surface area contributed by atoms with Gasteiger partial charge in [0.25, 0.3) is 5.91 Å². The van der Waals surface area contributed by atoms with Crippen molar-refractivity contribution < 1.29 is 13.9 Å². The molecule has 0 atom stereocenters. The van der Waals surface area contributed by atoms with E-state index in [1.54, 1.807) is 15.8 Å². The largest absolute Gasteiger partial charge is 0.495 e. The van der Waals surface area contributed by atoms with Crippen molar-refractivity contribution in [1.82, 2.24) is 29.5 Å². The molecule has 0 aliphatic carbocycles. The number of amides is 1. The Kier molecular flexibility index (Phi) is 7.75. The van der Waals surface area contributed by atoms with Crippen LogP contribution in [0.15, 0.2) is 30.7 Å². The molecule has 2 aromatic heterocycles. The summed E-state index contributed by atoms with van der Waals surface area (Å²) in [4.78, 5) is 25.6. The monoisotopic (exact) mass is 515 g/mol. The van der Waals surface area contributed by atoms with E-state index >= 15 is 4.39 Å². The van der Waals surface area contributed by atoms with Crippen molar-refractivity contribution in [3.63, 3.8) is 0 Å². The standard InChI is InChI=1S/C25H31ClFN7O2/c1-15(2)34-14-16(12-29-34)23-19(26)13-28-25(31-23)30-21-11-20(27)18(10-22(21)36-5)24(35)33-8-6-17(7-9-33)32(3)4/h10-15,17H,6-9H2,1-5H3,(H,28,30,31). The second kappa shape index (κ2) is 10.8. The minimum absolute atomic E-state index is 0.0282. The molecule has 1 aliphatic rings. The van der Waals surface area contributed by atoms with Crippen molar-refractivity contribution in [3.8, 4) is 17.0 Å². The second-order valence-electron chi connectivity index (χ2n) is 9.34. The van der Waals surface area contributed by atoms with Crippen LogP contribution in [0.1, 0.15) is 43.1 Å². The number of nitrogens with zero attached hydrogens (tertiary/aromatic N) is 6. The Labute approximate surface area is 215 Å². The molecule has 3 aromatic rings. The zero-order valence-electron chi connectivity index (χ0n) is 21.1. The number of nitrogens with one attached hydrogen (secondary N) is 1. The molecule has 0 bridgehead atoms. The summed E-state index contributed by atoms with van der Waals surface area (Å²) in [7, 11) is 5.53. The zero-order chi connectivity index (χ0) is 26.0. The Morgan fingerprint density at radius 2 is 1.97 bits per heavy atom. The predicted octanol–water partition coefficient (Wildman–Crippen LogP) is 4.63. The summed E-state index contributed by atoms with van der Waals surface area (Å²) in [5.41, 5.74) is 1.49. The molecule has 192 valence electrons. The summed E-state index contributed by atoms with van der Waals surface area (Å²) in [5, 5.41) is 7.69. The number of halogens is 2. The summed E-state index contributed by atoms with van der Waals surface area (Å²) in [6, 6.07) is 3.25. The van der Waals surface area contributed by atoms with Gasteiger partial charge >= 0.3 is 0 Å². The van der Waals surface area contributed by atoms with Gasteiger partial charge in [-0.05, 0) is 46.9 Å². The number of carbonyl (C=O) groups excluding carboxylic acids is 1. The average Bonchev–Trinajstić information content (AvgIpc) is 3.35. The maximum atomic E-state index is 15.1. The molecule has 0 unspecified atom stereocenters. The molecule has 36 heavy (non-hydrogen) atoms. The first-order chi connectivity index (χ1) is 17.2. The summed E-state index contributed by atoms with van der Waals surface area (Å²) < 4.78 is 22.4. The number of hydrogen-bond acceptors (Lipinski definition) is 7. The Hall–Kier alpha value is -3.24. The quantitative estimate of drug-likeness (QED) is 0.490. The number of methoxy groups -OCH3 is 1. The Bertz CT molecular complexity index is 1240. The van der Waals surface area contributed by atoms with E-state index in [2.05, 4.69) is 25.3 Å². The topological polar surface area (TPSA) is 88.4 Å². The number of ether oxygens (including phenoxy) is 1. The first-order valence-electron chi connectivity index (χ1n) is 11.8. The van der Waals surface area contributed by atoms with Crippen LogP contribution in [0.2, 0.25) is 5.02 Å². The van der Waals surface area contributed by atoms with Crippen LogP contribution in [-0.4, -0.2) is 75.8 Å². The molecular weight excluding hydrogens is 485 g/mol. The van der Waals surface area contributed by atoms with Crippen LogP contribution >= 0.6 is 11.6 Å². The summed E-state index contributed by atoms with van der Waals surface area (Å²) in [6.45, 7) is 5.20. The third kappa shape index (κ3) is 5.44. The molecule has 0 spiro atoms. The van der Waals surface area contributed by atoms with Crippen LogP contribution in [0, 0.1) is 5.82 Å². The van der Waals surface area contributed by atoms with Crippen LogP contribution in [0.4, 0.5) is 16.0 Å². The van der Waals surface area contributed by atoms with E-state index in [4.69, 9.17) is 16.3 Å². The van der Waals surface area contributed by atoms with Gasteiger partial charge in [0.05, 0.1) is 41.5 Å². The van der Waals surface area contributed by atoms with Crippen molar-refractivity contribution in [1.29, 1.82) is 0 Å². The van der Waals surface area contributed by atoms with Gasteiger partial charge in [0.15, 0.2) is 0 Å². The van der Waals surface area contributed by atoms with E-state index < -0.39 is 5.82 Å². The van der Waals surface area contributed by atoms with E-state index in [9.17, 15) is 4.79 Å². The van der Waals surface area contributed by atoms with Crippen molar-refractivity contribution in [3.05, 3.63) is 47.1 Å². The summed E-state index contributed by atoms with van der Waals surface area (Å²) in [6.07, 6.45) is 6.70. The number of hydrogen-bond donors (Lipinski definition) is 1. The van der Waals surface area contributed by atoms with Crippen molar-refractivity contribution in [2.24, 2.45) is 0 Å². The molecule has 0 radical (unpaired) electrons. The fraction of sp³-hybridized carbons (Fsp3) is 0.440. The number of carbonyl (C=O) groups is 1. The fourth-order valence-corrected chi connectivity index (χ4v) is 4.43. The molecule has 1 fully saturated rings. The number of anilines is 2. The van der Waals surface area contributed by atoms with Crippen molar-refractivity contribution >= 4 is 29.1 Å². The lowest BCUT2D eigenvalue weighted by molar-refractivity contribution is 0.0658. The highest BCUT2D eigenvalue weighted by Crippen LogP contribution is 2.33. The molecule has 1 aliphatic heterocycles. The van der Waals surface area contributed by atoms with E-state index in [0.717, 1.165) is 18.4 Å². The van der Waals surface area contributed by atoms with Crippen LogP contribution in [0.25, 0.3) is 11.3 Å². The SMILES string of the molecule is COc1cc(C(=O)N2CCC(N(C)C)CC2)c(F)cc1Nc1ncc(Cl)c(-c2cnn(C(C)C)c2)n1. The lowest BCUT2D eigenvalue weighted by Crippen LogP contribution is -2.44. The van der Waals surface area contributed by atoms with Gasteiger partial charge in [-0.1, -0.05) is 11.6 Å².